The van der Waals surface area contributed by atoms with E-state index in [9.17, 15) is 13.2 Å². The van der Waals surface area contributed by atoms with Gasteiger partial charge in [0.15, 0.2) is 0 Å². The minimum atomic E-state index is -3.73. The molecule has 0 unspecified atom stereocenters. The smallest absolute Gasteiger partial charge is 0.238 e. The Morgan fingerprint density at radius 1 is 0.966 bits per heavy atom. The summed E-state index contributed by atoms with van der Waals surface area (Å²) in [5, 5.41) is 7.93. The van der Waals surface area contributed by atoms with E-state index in [1.807, 2.05) is 36.4 Å². The van der Waals surface area contributed by atoms with E-state index >= 15 is 0 Å². The van der Waals surface area contributed by atoms with Crippen LogP contribution in [0.2, 0.25) is 0 Å². The van der Waals surface area contributed by atoms with E-state index < -0.39 is 10.0 Å². The van der Waals surface area contributed by atoms with Crippen LogP contribution < -0.4 is 10.5 Å². The summed E-state index contributed by atoms with van der Waals surface area (Å²) in [5.74, 6) is 0.610. The van der Waals surface area contributed by atoms with Gasteiger partial charge >= 0.3 is 0 Å². The second-order valence-electron chi connectivity index (χ2n) is 6.53. The normalized spacial score (nSPS) is 11.3. The second-order valence-corrected chi connectivity index (χ2v) is 8.10. The van der Waals surface area contributed by atoms with Crippen LogP contribution in [0, 0.1) is 0 Å². The first kappa shape index (κ1) is 20.8. The van der Waals surface area contributed by atoms with Crippen LogP contribution in [-0.4, -0.2) is 14.3 Å². The summed E-state index contributed by atoms with van der Waals surface area (Å²) in [6.45, 7) is 1.23. The molecule has 0 fully saturated rings. The van der Waals surface area contributed by atoms with Gasteiger partial charge in [-0.25, -0.2) is 13.6 Å². The Morgan fingerprint density at radius 2 is 1.72 bits per heavy atom. The van der Waals surface area contributed by atoms with Gasteiger partial charge in [-0.05, 0) is 41.0 Å². The molecule has 1 amide bonds. The molecular weight excluding hydrogens is 392 g/mol. The third kappa shape index (κ3) is 6.56. The van der Waals surface area contributed by atoms with Crippen molar-refractivity contribution in [2.75, 3.05) is 0 Å². The molecule has 3 aromatic rings. The molecule has 0 atom stereocenters. The van der Waals surface area contributed by atoms with Crippen molar-refractivity contribution in [3.63, 3.8) is 0 Å². The van der Waals surface area contributed by atoms with Gasteiger partial charge in [0.1, 0.15) is 12.4 Å². The van der Waals surface area contributed by atoms with Crippen molar-refractivity contribution in [3.8, 4) is 0 Å². The van der Waals surface area contributed by atoms with Crippen molar-refractivity contribution < 1.29 is 22.4 Å². The molecule has 8 heteroatoms. The average Bonchev–Trinajstić information content (AvgIpc) is 3.20. The van der Waals surface area contributed by atoms with Gasteiger partial charge in [-0.15, -0.1) is 0 Å². The monoisotopic (exact) mass is 414 g/mol. The number of sulfonamides is 1. The standard InChI is InChI=1S/C21H22N2O5S/c22-29(25,26)20-8-6-16(7-9-20)12-21(24)23-13-17-3-1-4-18(11-17)14-27-15-19-5-2-10-28-19/h1-11H,12-15H2,(H,23,24)(H2,22,25,26). The van der Waals surface area contributed by atoms with Gasteiger partial charge in [-0.2, -0.15) is 0 Å². The topological polar surface area (TPSA) is 112 Å². The van der Waals surface area contributed by atoms with Gasteiger partial charge in [-0.1, -0.05) is 36.4 Å². The zero-order valence-corrected chi connectivity index (χ0v) is 16.5. The highest BCUT2D eigenvalue weighted by molar-refractivity contribution is 7.89. The van der Waals surface area contributed by atoms with Crippen molar-refractivity contribution in [1.82, 2.24) is 5.32 Å². The van der Waals surface area contributed by atoms with Crippen LogP contribution in [0.15, 0.2) is 76.2 Å². The molecule has 0 spiro atoms. The van der Waals surface area contributed by atoms with Gasteiger partial charge in [0, 0.05) is 6.54 Å². The van der Waals surface area contributed by atoms with Gasteiger partial charge in [0.25, 0.3) is 0 Å². The number of ether oxygens (including phenoxy) is 1. The third-order valence-electron chi connectivity index (χ3n) is 4.19. The Kier molecular flexibility index (Phi) is 6.82. The lowest BCUT2D eigenvalue weighted by Crippen LogP contribution is -2.24. The highest BCUT2D eigenvalue weighted by Crippen LogP contribution is 2.11. The van der Waals surface area contributed by atoms with Gasteiger partial charge in [0.2, 0.25) is 15.9 Å². The molecule has 2 aromatic carbocycles. The highest BCUT2D eigenvalue weighted by atomic mass is 32.2. The van der Waals surface area contributed by atoms with Crippen molar-refractivity contribution in [1.29, 1.82) is 0 Å². The Hall–Kier alpha value is -2.94. The minimum Gasteiger partial charge on any atom is -0.467 e. The molecule has 0 aliphatic heterocycles. The molecule has 1 aromatic heterocycles. The summed E-state index contributed by atoms with van der Waals surface area (Å²) in [6, 6.07) is 17.4. The van der Waals surface area contributed by atoms with E-state index in [0.717, 1.165) is 16.9 Å². The van der Waals surface area contributed by atoms with E-state index in [1.165, 1.54) is 12.1 Å². The molecule has 7 nitrogen and oxygen atoms in total. The molecule has 29 heavy (non-hydrogen) atoms. The number of rotatable bonds is 9. The summed E-state index contributed by atoms with van der Waals surface area (Å²) in [4.78, 5) is 12.2. The summed E-state index contributed by atoms with van der Waals surface area (Å²) in [7, 11) is -3.73. The number of hydrogen-bond acceptors (Lipinski definition) is 5. The summed E-state index contributed by atoms with van der Waals surface area (Å²) < 4.78 is 33.4. The average molecular weight is 414 g/mol. The van der Waals surface area contributed by atoms with Crippen molar-refractivity contribution in [3.05, 3.63) is 89.4 Å². The maximum atomic E-state index is 12.2. The molecule has 3 rings (SSSR count). The number of nitrogens with one attached hydrogen (secondary N) is 1. The second kappa shape index (κ2) is 9.51. The van der Waals surface area contributed by atoms with Crippen LogP contribution in [0.1, 0.15) is 22.5 Å². The lowest BCUT2D eigenvalue weighted by atomic mass is 10.1. The van der Waals surface area contributed by atoms with Crippen LogP contribution in [-0.2, 0) is 45.7 Å². The number of hydrogen-bond donors (Lipinski definition) is 2. The Labute approximate surface area is 169 Å². The molecule has 0 saturated heterocycles. The zero-order chi connectivity index (χ0) is 20.7. The molecule has 3 N–H and O–H groups in total. The van der Waals surface area contributed by atoms with Crippen molar-refractivity contribution in [2.24, 2.45) is 5.14 Å². The zero-order valence-electron chi connectivity index (χ0n) is 15.7. The first-order valence-corrected chi connectivity index (χ1v) is 10.5. The molecule has 152 valence electrons. The van der Waals surface area contributed by atoms with E-state index in [1.54, 1.807) is 18.4 Å². The third-order valence-corrected chi connectivity index (χ3v) is 5.12. The van der Waals surface area contributed by atoms with Crippen LogP contribution in [0.3, 0.4) is 0 Å². The van der Waals surface area contributed by atoms with E-state index in [0.29, 0.717) is 25.3 Å². The van der Waals surface area contributed by atoms with E-state index in [-0.39, 0.29) is 17.2 Å². The Balaban J connectivity index is 1.47. The fraction of sp³-hybridized carbons (Fsp3) is 0.190. The quantitative estimate of drug-likeness (QED) is 0.559. The fourth-order valence-electron chi connectivity index (χ4n) is 2.74. The SMILES string of the molecule is NS(=O)(=O)c1ccc(CC(=O)NCc2cccc(COCc3ccco3)c2)cc1. The number of amides is 1. The first-order valence-electron chi connectivity index (χ1n) is 8.96. The first-order chi connectivity index (χ1) is 13.9. The molecule has 0 radical (unpaired) electrons. The number of furan rings is 1. The number of nitrogens with two attached hydrogens (primary N) is 1. The number of carbonyl (C=O) groups is 1. The molecule has 0 aliphatic carbocycles. The van der Waals surface area contributed by atoms with E-state index in [4.69, 9.17) is 14.3 Å². The molecular formula is C21H22N2O5S. The number of carbonyl (C=O) groups excluding carboxylic acids is 1. The lowest BCUT2D eigenvalue weighted by Gasteiger charge is -2.08. The fourth-order valence-corrected chi connectivity index (χ4v) is 3.25. The van der Waals surface area contributed by atoms with Gasteiger partial charge in [0.05, 0.1) is 24.2 Å². The van der Waals surface area contributed by atoms with Gasteiger partial charge in [-0.3, -0.25) is 4.79 Å². The number of benzene rings is 2. The molecule has 0 saturated carbocycles. The highest BCUT2D eigenvalue weighted by Gasteiger charge is 2.09. The number of primary sulfonamides is 1. The Bertz CT molecular complexity index is 1040. The summed E-state index contributed by atoms with van der Waals surface area (Å²) in [5.41, 5.74) is 2.67. The van der Waals surface area contributed by atoms with Crippen molar-refractivity contribution in [2.45, 2.75) is 31.1 Å². The lowest BCUT2D eigenvalue weighted by molar-refractivity contribution is -0.120. The molecule has 0 bridgehead atoms. The predicted molar refractivity (Wildman–Crippen MR) is 107 cm³/mol. The maximum absolute atomic E-state index is 12.2. The maximum Gasteiger partial charge on any atom is 0.238 e. The Morgan fingerprint density at radius 3 is 2.41 bits per heavy atom. The summed E-state index contributed by atoms with van der Waals surface area (Å²) >= 11 is 0. The van der Waals surface area contributed by atoms with Crippen molar-refractivity contribution >= 4 is 15.9 Å². The van der Waals surface area contributed by atoms with Gasteiger partial charge < -0.3 is 14.5 Å². The predicted octanol–water partition coefficient (Wildman–Crippen LogP) is 2.50. The van der Waals surface area contributed by atoms with Crippen LogP contribution >= 0.6 is 0 Å². The molecule has 1 heterocycles. The summed E-state index contributed by atoms with van der Waals surface area (Å²) in [6.07, 6.45) is 1.76. The van der Waals surface area contributed by atoms with Crippen LogP contribution in [0.5, 0.6) is 0 Å². The molecule has 0 aliphatic rings. The minimum absolute atomic E-state index is 0.0211. The van der Waals surface area contributed by atoms with Crippen LogP contribution in [0.25, 0.3) is 0 Å². The van der Waals surface area contributed by atoms with E-state index in [2.05, 4.69) is 5.32 Å². The van der Waals surface area contributed by atoms with Crippen LogP contribution in [0.4, 0.5) is 0 Å². The largest absolute Gasteiger partial charge is 0.467 e.